The number of nitrogens with zero attached hydrogens (tertiary/aromatic N) is 4. The van der Waals surface area contributed by atoms with Crippen LogP contribution in [0.25, 0.3) is 0 Å². The van der Waals surface area contributed by atoms with Gasteiger partial charge < -0.3 is 4.74 Å². The van der Waals surface area contributed by atoms with Gasteiger partial charge in [-0.2, -0.15) is 13.2 Å². The second kappa shape index (κ2) is 6.60. The largest absolute Gasteiger partial charge is 0.493 e. The van der Waals surface area contributed by atoms with Gasteiger partial charge in [0.15, 0.2) is 0 Å². The van der Waals surface area contributed by atoms with E-state index in [2.05, 4.69) is 15.5 Å². The Kier molecular flexibility index (Phi) is 4.83. The highest BCUT2D eigenvalue weighted by Gasteiger charge is 2.30. The average Bonchev–Trinajstić information content (AvgIpc) is 2.81. The average molecular weight is 304 g/mol. The Morgan fingerprint density at radius 2 is 1.95 bits per heavy atom. The molecule has 0 radical (unpaired) electrons. The van der Waals surface area contributed by atoms with Gasteiger partial charge in [0, 0.05) is 5.75 Å². The van der Waals surface area contributed by atoms with Gasteiger partial charge in [0.2, 0.25) is 5.16 Å². The van der Waals surface area contributed by atoms with Crippen LogP contribution in [-0.4, -0.2) is 38.7 Å². The lowest BCUT2D eigenvalue weighted by atomic mass is 10.3. The standard InChI is InChI=1S/C11H11F3N4OS/c12-11(13,14)8-18-10(15-16-17-18)20-7-6-19-9-4-2-1-3-5-9/h1-5H,6-8H2. The van der Waals surface area contributed by atoms with Gasteiger partial charge in [-0.05, 0) is 22.6 Å². The van der Waals surface area contributed by atoms with Crippen LogP contribution in [0.3, 0.4) is 0 Å². The van der Waals surface area contributed by atoms with Crippen LogP contribution < -0.4 is 4.74 Å². The predicted octanol–water partition coefficient (Wildman–Crippen LogP) is 2.41. The number of tetrazole rings is 1. The molecule has 0 aliphatic rings. The first kappa shape index (κ1) is 14.6. The van der Waals surface area contributed by atoms with E-state index in [-0.39, 0.29) is 5.16 Å². The summed E-state index contributed by atoms with van der Waals surface area (Å²) in [6, 6.07) is 9.16. The lowest BCUT2D eigenvalue weighted by Gasteiger charge is -2.08. The van der Waals surface area contributed by atoms with Gasteiger partial charge in [-0.1, -0.05) is 30.0 Å². The Morgan fingerprint density at radius 3 is 2.65 bits per heavy atom. The summed E-state index contributed by atoms with van der Waals surface area (Å²) >= 11 is 1.12. The number of alkyl halides is 3. The minimum atomic E-state index is -4.34. The van der Waals surface area contributed by atoms with Gasteiger partial charge in [0.1, 0.15) is 12.3 Å². The minimum Gasteiger partial charge on any atom is -0.493 e. The van der Waals surface area contributed by atoms with E-state index >= 15 is 0 Å². The number of hydrogen-bond donors (Lipinski definition) is 0. The fraction of sp³-hybridized carbons (Fsp3) is 0.364. The van der Waals surface area contributed by atoms with Crippen LogP contribution in [0.5, 0.6) is 5.75 Å². The summed E-state index contributed by atoms with van der Waals surface area (Å²) in [5, 5.41) is 10.2. The highest BCUT2D eigenvalue weighted by Crippen LogP contribution is 2.21. The maximum atomic E-state index is 12.3. The van der Waals surface area contributed by atoms with Crippen LogP contribution in [-0.2, 0) is 6.54 Å². The minimum absolute atomic E-state index is 0.124. The third-order valence-electron chi connectivity index (χ3n) is 2.15. The molecule has 0 atom stereocenters. The van der Waals surface area contributed by atoms with Crippen LogP contribution in [0.1, 0.15) is 0 Å². The lowest BCUT2D eigenvalue weighted by molar-refractivity contribution is -0.144. The zero-order chi connectivity index (χ0) is 14.4. The predicted molar refractivity (Wildman–Crippen MR) is 66.5 cm³/mol. The molecule has 20 heavy (non-hydrogen) atoms. The Labute approximate surface area is 117 Å². The number of aromatic nitrogens is 4. The number of rotatable bonds is 6. The molecule has 0 aliphatic carbocycles. The van der Waals surface area contributed by atoms with Gasteiger partial charge in [-0.25, -0.2) is 4.68 Å². The normalized spacial score (nSPS) is 11.6. The molecule has 0 spiro atoms. The van der Waals surface area contributed by atoms with Gasteiger partial charge in [-0.15, -0.1) is 5.10 Å². The van der Waals surface area contributed by atoms with E-state index in [1.54, 1.807) is 12.1 Å². The molecule has 0 aliphatic heterocycles. The van der Waals surface area contributed by atoms with Crippen LogP contribution in [0.2, 0.25) is 0 Å². The Hall–Kier alpha value is -1.77. The summed E-state index contributed by atoms with van der Waals surface area (Å²) in [4.78, 5) is 0. The van der Waals surface area contributed by atoms with Gasteiger partial charge >= 0.3 is 6.18 Å². The SMILES string of the molecule is FC(F)(F)Cn1nnnc1SCCOc1ccccc1. The van der Waals surface area contributed by atoms with E-state index in [1.807, 2.05) is 18.2 Å². The Bertz CT molecular complexity index is 532. The summed E-state index contributed by atoms with van der Waals surface area (Å²) in [5.74, 6) is 1.16. The third kappa shape index (κ3) is 4.72. The number of hydrogen-bond acceptors (Lipinski definition) is 5. The summed E-state index contributed by atoms with van der Waals surface area (Å²) < 4.78 is 42.9. The molecule has 0 N–H and O–H groups in total. The van der Waals surface area contributed by atoms with Crippen molar-refractivity contribution in [2.45, 2.75) is 17.9 Å². The van der Waals surface area contributed by atoms with E-state index < -0.39 is 12.7 Å². The molecule has 2 aromatic rings. The highest BCUT2D eigenvalue weighted by molar-refractivity contribution is 7.99. The van der Waals surface area contributed by atoms with Crippen molar-refractivity contribution >= 4 is 11.8 Å². The molecule has 0 unspecified atom stereocenters. The zero-order valence-corrected chi connectivity index (χ0v) is 11.1. The summed E-state index contributed by atoms with van der Waals surface area (Å²) in [6.45, 7) is -0.838. The van der Waals surface area contributed by atoms with Crippen LogP contribution in [0, 0.1) is 0 Å². The number of ether oxygens (including phenoxy) is 1. The molecule has 1 aromatic carbocycles. The van der Waals surface area contributed by atoms with E-state index in [9.17, 15) is 13.2 Å². The molecule has 0 saturated heterocycles. The molecule has 5 nitrogen and oxygen atoms in total. The van der Waals surface area contributed by atoms with Gasteiger partial charge in [0.25, 0.3) is 0 Å². The summed E-state index contributed by atoms with van der Waals surface area (Å²) in [7, 11) is 0. The molecule has 0 bridgehead atoms. The van der Waals surface area contributed by atoms with Crippen LogP contribution in [0.4, 0.5) is 13.2 Å². The van der Waals surface area contributed by atoms with E-state index in [1.165, 1.54) is 0 Å². The van der Waals surface area contributed by atoms with Crippen LogP contribution in [0.15, 0.2) is 35.5 Å². The zero-order valence-electron chi connectivity index (χ0n) is 10.2. The quantitative estimate of drug-likeness (QED) is 0.606. The summed E-state index contributed by atoms with van der Waals surface area (Å²) in [5.41, 5.74) is 0. The number of halogens is 3. The van der Waals surface area contributed by atoms with Crippen LogP contribution >= 0.6 is 11.8 Å². The maximum absolute atomic E-state index is 12.3. The molecule has 0 amide bonds. The first-order chi connectivity index (χ1) is 9.54. The van der Waals surface area contributed by atoms with Crippen molar-refractivity contribution in [3.8, 4) is 5.75 Å². The maximum Gasteiger partial charge on any atom is 0.408 e. The molecule has 2 rings (SSSR count). The second-order valence-electron chi connectivity index (χ2n) is 3.74. The van der Waals surface area contributed by atoms with Crippen molar-refractivity contribution in [2.24, 2.45) is 0 Å². The first-order valence-corrected chi connectivity index (χ1v) is 6.67. The number of para-hydroxylation sites is 1. The highest BCUT2D eigenvalue weighted by atomic mass is 32.2. The molecule has 0 fully saturated rings. The van der Waals surface area contributed by atoms with Crippen molar-refractivity contribution in [1.82, 2.24) is 20.2 Å². The van der Waals surface area contributed by atoms with Crippen molar-refractivity contribution in [3.05, 3.63) is 30.3 Å². The first-order valence-electron chi connectivity index (χ1n) is 5.68. The molecule has 0 saturated carbocycles. The Balaban J connectivity index is 1.79. The van der Waals surface area contributed by atoms with Crippen molar-refractivity contribution < 1.29 is 17.9 Å². The molecular formula is C11H11F3N4OS. The van der Waals surface area contributed by atoms with Crippen molar-refractivity contribution in [2.75, 3.05) is 12.4 Å². The van der Waals surface area contributed by atoms with E-state index in [0.717, 1.165) is 16.4 Å². The monoisotopic (exact) mass is 304 g/mol. The number of thioether (sulfide) groups is 1. The fourth-order valence-electron chi connectivity index (χ4n) is 1.38. The van der Waals surface area contributed by atoms with Crippen molar-refractivity contribution in [3.63, 3.8) is 0 Å². The number of benzene rings is 1. The smallest absolute Gasteiger partial charge is 0.408 e. The van der Waals surface area contributed by atoms with Gasteiger partial charge in [-0.3, -0.25) is 0 Å². The summed E-state index contributed by atoms with van der Waals surface area (Å²) in [6.07, 6.45) is -4.34. The molecule has 108 valence electrons. The van der Waals surface area contributed by atoms with E-state index in [4.69, 9.17) is 4.74 Å². The molecule has 1 heterocycles. The van der Waals surface area contributed by atoms with E-state index in [0.29, 0.717) is 18.1 Å². The third-order valence-corrected chi connectivity index (χ3v) is 3.08. The topological polar surface area (TPSA) is 52.8 Å². The lowest BCUT2D eigenvalue weighted by Crippen LogP contribution is -2.19. The molecule has 9 heteroatoms. The molecular weight excluding hydrogens is 293 g/mol. The fourth-order valence-corrected chi connectivity index (χ4v) is 2.07. The Morgan fingerprint density at radius 1 is 1.20 bits per heavy atom. The molecule has 1 aromatic heterocycles. The second-order valence-corrected chi connectivity index (χ2v) is 4.81. The van der Waals surface area contributed by atoms with Gasteiger partial charge in [0.05, 0.1) is 6.61 Å². The van der Waals surface area contributed by atoms with Crippen molar-refractivity contribution in [1.29, 1.82) is 0 Å².